The first kappa shape index (κ1) is 10.1. The number of thioether (sulfide) groups is 1. The second-order valence-corrected chi connectivity index (χ2v) is 3.79. The van der Waals surface area contributed by atoms with Crippen molar-refractivity contribution >= 4 is 17.7 Å². The predicted molar refractivity (Wildman–Crippen MR) is 55.1 cm³/mol. The molecule has 0 bridgehead atoms. The maximum Gasteiger partial charge on any atom is 0.324 e. The third-order valence-corrected chi connectivity index (χ3v) is 2.55. The van der Waals surface area contributed by atoms with Gasteiger partial charge in [0.25, 0.3) is 0 Å². The quantitative estimate of drug-likeness (QED) is 0.548. The van der Waals surface area contributed by atoms with Crippen molar-refractivity contribution in [2.75, 3.05) is 6.26 Å². The Balaban J connectivity index is 2.55. The molecular formula is C10H12O2S. The Bertz CT molecular complexity index is 272. The molecule has 0 radical (unpaired) electrons. The van der Waals surface area contributed by atoms with Crippen LogP contribution in [-0.4, -0.2) is 17.5 Å². The average molecular weight is 196 g/mol. The number of esters is 1. The van der Waals surface area contributed by atoms with Gasteiger partial charge in [-0.15, -0.1) is 0 Å². The fraction of sp³-hybridized carbons (Fsp3) is 0.300. The number of rotatable bonds is 3. The normalized spacial score (nSPS) is 12.2. The predicted octanol–water partition coefficient (Wildman–Crippen LogP) is 2.34. The summed E-state index contributed by atoms with van der Waals surface area (Å²) in [6.07, 6.45) is 1.89. The lowest BCUT2D eigenvalue weighted by Crippen LogP contribution is -2.19. The molecule has 0 spiro atoms. The number of carbonyl (C=O) groups is 1. The van der Waals surface area contributed by atoms with E-state index in [1.54, 1.807) is 12.1 Å². The summed E-state index contributed by atoms with van der Waals surface area (Å²) in [5.74, 6) is 0.409. The molecule has 0 aliphatic heterocycles. The van der Waals surface area contributed by atoms with Crippen molar-refractivity contribution in [2.45, 2.75) is 12.2 Å². The molecule has 0 aromatic heterocycles. The Hall–Kier alpha value is -0.960. The molecular weight excluding hydrogens is 184 g/mol. The highest BCUT2D eigenvalue weighted by atomic mass is 32.2. The van der Waals surface area contributed by atoms with E-state index in [1.165, 1.54) is 11.8 Å². The number of hydrogen-bond acceptors (Lipinski definition) is 3. The largest absolute Gasteiger partial charge is 0.426 e. The van der Waals surface area contributed by atoms with E-state index in [4.69, 9.17) is 4.74 Å². The Morgan fingerprint density at radius 1 is 1.38 bits per heavy atom. The second kappa shape index (κ2) is 4.92. The Morgan fingerprint density at radius 3 is 2.54 bits per heavy atom. The van der Waals surface area contributed by atoms with Crippen molar-refractivity contribution in [3.63, 3.8) is 0 Å². The van der Waals surface area contributed by atoms with Gasteiger partial charge in [0.2, 0.25) is 0 Å². The molecule has 2 nitrogen and oxygen atoms in total. The van der Waals surface area contributed by atoms with Crippen molar-refractivity contribution in [1.82, 2.24) is 0 Å². The molecule has 0 saturated heterocycles. The summed E-state index contributed by atoms with van der Waals surface area (Å²) >= 11 is 1.48. The maximum absolute atomic E-state index is 11.3. The molecule has 0 saturated carbocycles. The van der Waals surface area contributed by atoms with Crippen LogP contribution < -0.4 is 4.74 Å². The van der Waals surface area contributed by atoms with Crippen molar-refractivity contribution in [1.29, 1.82) is 0 Å². The Morgan fingerprint density at radius 2 is 2.00 bits per heavy atom. The zero-order valence-electron chi connectivity index (χ0n) is 7.69. The third kappa shape index (κ3) is 3.11. The monoisotopic (exact) mass is 196 g/mol. The van der Waals surface area contributed by atoms with E-state index in [0.717, 1.165) is 0 Å². The maximum atomic E-state index is 11.3. The molecule has 0 aliphatic carbocycles. The van der Waals surface area contributed by atoms with Crippen LogP contribution in [0.4, 0.5) is 0 Å². The van der Waals surface area contributed by atoms with Crippen LogP contribution in [0.15, 0.2) is 30.3 Å². The fourth-order valence-electron chi connectivity index (χ4n) is 0.784. The summed E-state index contributed by atoms with van der Waals surface area (Å²) in [7, 11) is 0. The summed E-state index contributed by atoms with van der Waals surface area (Å²) in [6.45, 7) is 1.83. The molecule has 3 heteroatoms. The molecule has 1 unspecified atom stereocenters. The van der Waals surface area contributed by atoms with Crippen LogP contribution in [0.1, 0.15) is 6.92 Å². The van der Waals surface area contributed by atoms with Gasteiger partial charge in [-0.05, 0) is 25.3 Å². The van der Waals surface area contributed by atoms with Crippen LogP contribution in [0, 0.1) is 0 Å². The van der Waals surface area contributed by atoms with Crippen LogP contribution in [0.5, 0.6) is 5.75 Å². The van der Waals surface area contributed by atoms with Crippen LogP contribution in [-0.2, 0) is 4.79 Å². The van der Waals surface area contributed by atoms with Gasteiger partial charge in [-0.25, -0.2) is 0 Å². The van der Waals surface area contributed by atoms with E-state index < -0.39 is 0 Å². The Kier molecular flexibility index (Phi) is 3.83. The molecule has 1 atom stereocenters. The van der Waals surface area contributed by atoms with E-state index in [-0.39, 0.29) is 11.2 Å². The van der Waals surface area contributed by atoms with E-state index in [9.17, 15) is 4.79 Å². The fourth-order valence-corrected chi connectivity index (χ4v) is 1.02. The lowest BCUT2D eigenvalue weighted by molar-refractivity contribution is -0.133. The van der Waals surface area contributed by atoms with Crippen LogP contribution >= 0.6 is 11.8 Å². The number of hydrogen-bond donors (Lipinski definition) is 0. The second-order valence-electron chi connectivity index (χ2n) is 2.61. The van der Waals surface area contributed by atoms with Gasteiger partial charge in [0.05, 0.1) is 5.25 Å². The number of benzene rings is 1. The minimum Gasteiger partial charge on any atom is -0.426 e. The minimum atomic E-state index is -0.196. The number of carbonyl (C=O) groups excluding carboxylic acids is 1. The van der Waals surface area contributed by atoms with E-state index in [1.807, 2.05) is 31.4 Å². The minimum absolute atomic E-state index is 0.111. The zero-order valence-corrected chi connectivity index (χ0v) is 8.51. The van der Waals surface area contributed by atoms with Gasteiger partial charge in [-0.3, -0.25) is 4.79 Å². The van der Waals surface area contributed by atoms with Crippen molar-refractivity contribution in [3.8, 4) is 5.75 Å². The molecule has 70 valence electrons. The molecule has 0 heterocycles. The third-order valence-electron chi connectivity index (χ3n) is 1.65. The molecule has 1 aromatic rings. The van der Waals surface area contributed by atoms with Gasteiger partial charge >= 0.3 is 5.97 Å². The lowest BCUT2D eigenvalue weighted by Gasteiger charge is -2.07. The van der Waals surface area contributed by atoms with E-state index in [0.29, 0.717) is 5.75 Å². The Labute approximate surface area is 82.3 Å². The average Bonchev–Trinajstić information content (AvgIpc) is 2.18. The molecule has 1 aromatic carbocycles. The van der Waals surface area contributed by atoms with E-state index >= 15 is 0 Å². The molecule has 0 amide bonds. The highest BCUT2D eigenvalue weighted by Gasteiger charge is 2.12. The van der Waals surface area contributed by atoms with Crippen LogP contribution in [0.3, 0.4) is 0 Å². The molecule has 0 aliphatic rings. The highest BCUT2D eigenvalue weighted by Crippen LogP contribution is 2.13. The molecule has 1 rings (SSSR count). The molecule has 0 N–H and O–H groups in total. The van der Waals surface area contributed by atoms with Crippen LogP contribution in [0.25, 0.3) is 0 Å². The summed E-state index contributed by atoms with van der Waals surface area (Å²) < 4.78 is 5.11. The SMILES string of the molecule is CSC(C)C(=O)Oc1ccccc1. The summed E-state index contributed by atoms with van der Waals surface area (Å²) in [5.41, 5.74) is 0. The van der Waals surface area contributed by atoms with Gasteiger partial charge in [0.1, 0.15) is 5.75 Å². The topological polar surface area (TPSA) is 26.3 Å². The van der Waals surface area contributed by atoms with Gasteiger partial charge in [-0.1, -0.05) is 18.2 Å². The highest BCUT2D eigenvalue weighted by molar-refractivity contribution is 7.99. The lowest BCUT2D eigenvalue weighted by atomic mass is 10.3. The first-order chi connectivity index (χ1) is 6.24. The van der Waals surface area contributed by atoms with E-state index in [2.05, 4.69) is 0 Å². The van der Waals surface area contributed by atoms with Crippen molar-refractivity contribution in [2.24, 2.45) is 0 Å². The number of ether oxygens (including phenoxy) is 1. The first-order valence-corrected chi connectivity index (χ1v) is 5.32. The standard InChI is InChI=1S/C10H12O2S/c1-8(13-2)10(11)12-9-6-4-3-5-7-9/h3-8H,1-2H3. The van der Waals surface area contributed by atoms with Gasteiger partial charge in [0.15, 0.2) is 0 Å². The van der Waals surface area contributed by atoms with Crippen molar-refractivity contribution < 1.29 is 9.53 Å². The number of para-hydroxylation sites is 1. The smallest absolute Gasteiger partial charge is 0.324 e. The van der Waals surface area contributed by atoms with Gasteiger partial charge < -0.3 is 4.74 Å². The molecule has 0 fully saturated rings. The summed E-state index contributed by atoms with van der Waals surface area (Å²) in [4.78, 5) is 11.3. The zero-order chi connectivity index (χ0) is 9.68. The summed E-state index contributed by atoms with van der Waals surface area (Å²) in [6, 6.07) is 9.10. The first-order valence-electron chi connectivity index (χ1n) is 4.03. The summed E-state index contributed by atoms with van der Waals surface area (Å²) in [5, 5.41) is -0.111. The van der Waals surface area contributed by atoms with Crippen molar-refractivity contribution in [3.05, 3.63) is 30.3 Å². The van der Waals surface area contributed by atoms with Gasteiger partial charge in [0, 0.05) is 0 Å². The molecule has 13 heavy (non-hydrogen) atoms. The van der Waals surface area contributed by atoms with Crippen LogP contribution in [0.2, 0.25) is 0 Å². The van der Waals surface area contributed by atoms with Gasteiger partial charge in [-0.2, -0.15) is 11.8 Å².